The van der Waals surface area contributed by atoms with Gasteiger partial charge in [-0.1, -0.05) is 22.9 Å². The maximum atomic E-state index is 5.33. The number of rotatable bonds is 5. The average molecular weight is 273 g/mol. The van der Waals surface area contributed by atoms with Crippen molar-refractivity contribution in [2.45, 2.75) is 32.9 Å². The molecule has 0 bridgehead atoms. The predicted molar refractivity (Wildman–Crippen MR) is 66.1 cm³/mol. The van der Waals surface area contributed by atoms with Gasteiger partial charge in [0.05, 0.1) is 13.2 Å². The summed E-state index contributed by atoms with van der Waals surface area (Å²) in [6, 6.07) is 6.79. The summed E-state index contributed by atoms with van der Waals surface area (Å²) in [5.74, 6) is 0.970. The molecule has 0 spiro atoms. The van der Waals surface area contributed by atoms with Crippen molar-refractivity contribution in [1.29, 1.82) is 0 Å². The first-order chi connectivity index (χ1) is 7.17. The molecule has 0 saturated heterocycles. The number of quaternary nitrogens is 1. The van der Waals surface area contributed by atoms with Crippen LogP contribution in [0.1, 0.15) is 25.8 Å². The lowest BCUT2D eigenvalue weighted by Gasteiger charge is -2.11. The zero-order valence-corrected chi connectivity index (χ0v) is 11.2. The molecule has 0 heterocycles. The van der Waals surface area contributed by atoms with Crippen LogP contribution in [0.5, 0.6) is 5.75 Å². The van der Waals surface area contributed by atoms with E-state index in [1.54, 1.807) is 7.11 Å². The predicted octanol–water partition coefficient (Wildman–Crippen LogP) is 2.32. The standard InChI is InChI=1S/C12H18BrNO/c1-4-9(2)14-8-10-7-11(13)5-6-12(10)15-3/h5-7,9,14H,4,8H2,1-3H3/p+1/t9-/m1/s1. The fraction of sp³-hybridized carbons (Fsp3) is 0.500. The Morgan fingerprint density at radius 1 is 1.47 bits per heavy atom. The largest absolute Gasteiger partial charge is 0.496 e. The van der Waals surface area contributed by atoms with Gasteiger partial charge in [-0.2, -0.15) is 0 Å². The molecule has 1 rings (SSSR count). The van der Waals surface area contributed by atoms with Crippen molar-refractivity contribution < 1.29 is 10.1 Å². The van der Waals surface area contributed by atoms with Crippen molar-refractivity contribution in [1.82, 2.24) is 0 Å². The van der Waals surface area contributed by atoms with E-state index in [4.69, 9.17) is 4.74 Å². The number of hydrogen-bond donors (Lipinski definition) is 1. The molecule has 3 heteroatoms. The minimum atomic E-state index is 0.661. The molecular weight excluding hydrogens is 254 g/mol. The molecular formula is C12H19BrNO+. The van der Waals surface area contributed by atoms with Gasteiger partial charge >= 0.3 is 0 Å². The molecule has 15 heavy (non-hydrogen) atoms. The average Bonchev–Trinajstić information content (AvgIpc) is 2.26. The van der Waals surface area contributed by atoms with E-state index in [0.29, 0.717) is 6.04 Å². The highest BCUT2D eigenvalue weighted by Gasteiger charge is 2.07. The van der Waals surface area contributed by atoms with Gasteiger partial charge in [-0.15, -0.1) is 0 Å². The van der Waals surface area contributed by atoms with E-state index < -0.39 is 0 Å². The smallest absolute Gasteiger partial charge is 0.127 e. The molecule has 0 aromatic heterocycles. The summed E-state index contributed by atoms with van der Waals surface area (Å²) in [5.41, 5.74) is 1.24. The monoisotopic (exact) mass is 272 g/mol. The fourth-order valence-corrected chi connectivity index (χ4v) is 1.81. The summed E-state index contributed by atoms with van der Waals surface area (Å²) in [5, 5.41) is 2.34. The highest BCUT2D eigenvalue weighted by Crippen LogP contribution is 2.21. The van der Waals surface area contributed by atoms with Crippen LogP contribution in [-0.4, -0.2) is 13.2 Å². The maximum absolute atomic E-state index is 5.33. The Morgan fingerprint density at radius 2 is 2.20 bits per heavy atom. The zero-order valence-electron chi connectivity index (χ0n) is 9.59. The van der Waals surface area contributed by atoms with Gasteiger partial charge < -0.3 is 10.1 Å². The van der Waals surface area contributed by atoms with Crippen LogP contribution in [0.25, 0.3) is 0 Å². The molecule has 0 aliphatic rings. The highest BCUT2D eigenvalue weighted by molar-refractivity contribution is 9.10. The highest BCUT2D eigenvalue weighted by atomic mass is 79.9. The Balaban J connectivity index is 2.69. The summed E-state index contributed by atoms with van der Waals surface area (Å²) in [7, 11) is 1.72. The fourth-order valence-electron chi connectivity index (χ4n) is 1.40. The summed E-state index contributed by atoms with van der Waals surface area (Å²) >= 11 is 3.48. The summed E-state index contributed by atoms with van der Waals surface area (Å²) < 4.78 is 6.43. The second kappa shape index (κ2) is 6.13. The SMILES string of the molecule is CC[C@@H](C)[NH2+]Cc1cc(Br)ccc1OC. The number of hydrogen-bond acceptors (Lipinski definition) is 1. The molecule has 0 amide bonds. The van der Waals surface area contributed by atoms with Crippen molar-refractivity contribution >= 4 is 15.9 Å². The van der Waals surface area contributed by atoms with Gasteiger partial charge in [0.25, 0.3) is 0 Å². The number of ether oxygens (including phenoxy) is 1. The van der Waals surface area contributed by atoms with Gasteiger partial charge in [0.15, 0.2) is 0 Å². The van der Waals surface area contributed by atoms with E-state index in [2.05, 4.69) is 41.2 Å². The van der Waals surface area contributed by atoms with Crippen LogP contribution >= 0.6 is 15.9 Å². The molecule has 0 unspecified atom stereocenters. The number of nitrogens with two attached hydrogens (primary N) is 1. The minimum Gasteiger partial charge on any atom is -0.496 e. The quantitative estimate of drug-likeness (QED) is 0.875. The van der Waals surface area contributed by atoms with Gasteiger partial charge in [-0.25, -0.2) is 0 Å². The molecule has 1 aromatic carbocycles. The first-order valence-corrected chi connectivity index (χ1v) is 6.12. The number of methoxy groups -OCH3 is 1. The van der Waals surface area contributed by atoms with E-state index in [0.717, 1.165) is 16.8 Å². The van der Waals surface area contributed by atoms with Crippen LogP contribution in [0, 0.1) is 0 Å². The Morgan fingerprint density at radius 3 is 2.80 bits per heavy atom. The number of benzene rings is 1. The summed E-state index contributed by atoms with van der Waals surface area (Å²) in [6.07, 6.45) is 1.19. The Hall–Kier alpha value is -0.540. The third-order valence-electron chi connectivity index (χ3n) is 2.63. The lowest BCUT2D eigenvalue weighted by atomic mass is 10.2. The second-order valence-electron chi connectivity index (χ2n) is 3.78. The molecule has 1 atom stereocenters. The maximum Gasteiger partial charge on any atom is 0.127 e. The third-order valence-corrected chi connectivity index (χ3v) is 3.12. The summed E-state index contributed by atoms with van der Waals surface area (Å²) in [6.45, 7) is 5.42. The van der Waals surface area contributed by atoms with Crippen LogP contribution in [0.3, 0.4) is 0 Å². The Kier molecular flexibility index (Phi) is 5.12. The molecule has 0 saturated carbocycles. The minimum absolute atomic E-state index is 0.661. The van der Waals surface area contributed by atoms with Crippen LogP contribution in [0.2, 0.25) is 0 Å². The van der Waals surface area contributed by atoms with Gasteiger partial charge in [0.1, 0.15) is 12.3 Å². The first-order valence-electron chi connectivity index (χ1n) is 5.33. The second-order valence-corrected chi connectivity index (χ2v) is 4.70. The van der Waals surface area contributed by atoms with Crippen LogP contribution in [0.15, 0.2) is 22.7 Å². The molecule has 0 fully saturated rings. The van der Waals surface area contributed by atoms with E-state index >= 15 is 0 Å². The molecule has 0 radical (unpaired) electrons. The Labute approximate surface area is 100 Å². The molecule has 0 aliphatic carbocycles. The molecule has 84 valence electrons. The zero-order chi connectivity index (χ0) is 11.3. The van der Waals surface area contributed by atoms with Crippen molar-refractivity contribution in [2.75, 3.05) is 7.11 Å². The van der Waals surface area contributed by atoms with Crippen LogP contribution < -0.4 is 10.1 Å². The van der Waals surface area contributed by atoms with Crippen molar-refractivity contribution in [3.8, 4) is 5.75 Å². The van der Waals surface area contributed by atoms with E-state index in [1.165, 1.54) is 12.0 Å². The van der Waals surface area contributed by atoms with Crippen molar-refractivity contribution in [3.05, 3.63) is 28.2 Å². The third kappa shape index (κ3) is 3.84. The lowest BCUT2D eigenvalue weighted by molar-refractivity contribution is -0.701. The summed E-state index contributed by atoms with van der Waals surface area (Å²) in [4.78, 5) is 0. The molecule has 2 N–H and O–H groups in total. The normalized spacial score (nSPS) is 12.5. The number of halogens is 1. The molecule has 2 nitrogen and oxygen atoms in total. The van der Waals surface area contributed by atoms with E-state index in [1.807, 2.05) is 12.1 Å². The van der Waals surface area contributed by atoms with Crippen molar-refractivity contribution in [3.63, 3.8) is 0 Å². The molecule has 1 aromatic rings. The Bertz CT molecular complexity index is 314. The van der Waals surface area contributed by atoms with Gasteiger partial charge in [0.2, 0.25) is 0 Å². The van der Waals surface area contributed by atoms with E-state index in [-0.39, 0.29) is 0 Å². The molecule has 0 aliphatic heterocycles. The van der Waals surface area contributed by atoms with Crippen LogP contribution in [-0.2, 0) is 6.54 Å². The lowest BCUT2D eigenvalue weighted by Crippen LogP contribution is -2.87. The van der Waals surface area contributed by atoms with Gasteiger partial charge in [-0.3, -0.25) is 0 Å². The van der Waals surface area contributed by atoms with E-state index in [9.17, 15) is 0 Å². The van der Waals surface area contributed by atoms with Gasteiger partial charge in [0, 0.05) is 10.0 Å². The van der Waals surface area contributed by atoms with Gasteiger partial charge in [-0.05, 0) is 31.5 Å². The van der Waals surface area contributed by atoms with Crippen molar-refractivity contribution in [2.24, 2.45) is 0 Å². The first kappa shape index (κ1) is 12.5. The topological polar surface area (TPSA) is 25.8 Å². The van der Waals surface area contributed by atoms with Crippen LogP contribution in [0.4, 0.5) is 0 Å².